The smallest absolute Gasteiger partial charge is 0.349 e. The van der Waals surface area contributed by atoms with Gasteiger partial charge in [0, 0.05) is 24.0 Å². The van der Waals surface area contributed by atoms with Crippen LogP contribution in [-0.2, 0) is 27.7 Å². The Bertz CT molecular complexity index is 1180. The van der Waals surface area contributed by atoms with Crippen molar-refractivity contribution in [3.05, 3.63) is 75.5 Å². The summed E-state index contributed by atoms with van der Waals surface area (Å²) < 4.78 is 34.2. The van der Waals surface area contributed by atoms with Gasteiger partial charge in [-0.2, -0.15) is 4.31 Å². The summed E-state index contributed by atoms with van der Waals surface area (Å²) in [5.74, 6) is -0.600. The first-order valence-corrected chi connectivity index (χ1v) is 12.2. The molecule has 0 unspecified atom stereocenters. The first-order valence-electron chi connectivity index (χ1n) is 9.84. The van der Waals surface area contributed by atoms with Crippen molar-refractivity contribution < 1.29 is 17.9 Å². The molecule has 1 aliphatic heterocycles. The van der Waals surface area contributed by atoms with Crippen molar-refractivity contribution in [1.29, 1.82) is 0 Å². The number of thiophene rings is 1. The second-order valence-electron chi connectivity index (χ2n) is 7.25. The number of nitrogens with zero attached hydrogens (tertiary/aromatic N) is 1. The first-order chi connectivity index (χ1) is 14.4. The molecule has 2 aromatic carbocycles. The summed E-state index contributed by atoms with van der Waals surface area (Å²) in [5, 5.41) is 1.74. The number of carbonyl (C=O) groups excluding carboxylic acids is 1. The van der Waals surface area contributed by atoms with Crippen LogP contribution in [0.1, 0.15) is 33.3 Å². The molecule has 7 heteroatoms. The average molecular weight is 442 g/mol. The van der Waals surface area contributed by atoms with E-state index in [-0.39, 0.29) is 16.4 Å². The van der Waals surface area contributed by atoms with E-state index >= 15 is 0 Å². The zero-order valence-electron chi connectivity index (χ0n) is 16.9. The molecule has 5 nitrogen and oxygen atoms in total. The van der Waals surface area contributed by atoms with Gasteiger partial charge in [-0.1, -0.05) is 54.1 Å². The van der Waals surface area contributed by atoms with E-state index in [9.17, 15) is 13.2 Å². The van der Waals surface area contributed by atoms with Crippen molar-refractivity contribution in [2.75, 3.05) is 13.2 Å². The normalized spacial score (nSPS) is 14.3. The molecular weight excluding hydrogens is 418 g/mol. The maximum atomic E-state index is 13.8. The molecule has 0 amide bonds. The van der Waals surface area contributed by atoms with Gasteiger partial charge in [-0.3, -0.25) is 0 Å². The highest BCUT2D eigenvalue weighted by Crippen LogP contribution is 2.38. The standard InChI is InChI=1S/C23H23NO4S2/c1-3-28-23(25)21-22(20(15-29-21)18-10-8-16(2)9-11-18)30(26,27)24-13-12-17-6-4-5-7-19(17)14-24/h4-11,15H,3,12-14H2,1-2H3. The lowest BCUT2D eigenvalue weighted by Gasteiger charge is -2.28. The van der Waals surface area contributed by atoms with Crippen molar-refractivity contribution in [1.82, 2.24) is 4.31 Å². The highest BCUT2D eigenvalue weighted by molar-refractivity contribution is 7.89. The second kappa shape index (κ2) is 8.34. The van der Waals surface area contributed by atoms with E-state index in [4.69, 9.17) is 4.74 Å². The predicted octanol–water partition coefficient (Wildman–Crippen LogP) is 4.65. The molecule has 0 atom stereocenters. The predicted molar refractivity (Wildman–Crippen MR) is 118 cm³/mol. The Morgan fingerprint density at radius 2 is 1.80 bits per heavy atom. The van der Waals surface area contributed by atoms with Crippen LogP contribution in [0.4, 0.5) is 0 Å². The largest absolute Gasteiger partial charge is 0.462 e. The van der Waals surface area contributed by atoms with Crippen LogP contribution in [0.25, 0.3) is 11.1 Å². The molecule has 1 aromatic heterocycles. The SMILES string of the molecule is CCOC(=O)c1scc(-c2ccc(C)cc2)c1S(=O)(=O)N1CCc2ccccc2C1. The maximum absolute atomic E-state index is 13.8. The zero-order chi connectivity index (χ0) is 21.3. The highest BCUT2D eigenvalue weighted by Gasteiger charge is 2.36. The summed E-state index contributed by atoms with van der Waals surface area (Å²) in [6.07, 6.45) is 0.647. The van der Waals surface area contributed by atoms with Crippen LogP contribution in [-0.4, -0.2) is 31.8 Å². The lowest BCUT2D eigenvalue weighted by atomic mass is 10.0. The van der Waals surface area contributed by atoms with Crippen LogP contribution < -0.4 is 0 Å². The van der Waals surface area contributed by atoms with E-state index in [0.29, 0.717) is 25.1 Å². The lowest BCUT2D eigenvalue weighted by Crippen LogP contribution is -2.36. The molecule has 30 heavy (non-hydrogen) atoms. The highest BCUT2D eigenvalue weighted by atomic mass is 32.2. The van der Waals surface area contributed by atoms with E-state index < -0.39 is 16.0 Å². The monoisotopic (exact) mass is 441 g/mol. The third-order valence-corrected chi connectivity index (χ3v) is 8.28. The van der Waals surface area contributed by atoms with Crippen LogP contribution in [0.5, 0.6) is 0 Å². The third-order valence-electron chi connectivity index (χ3n) is 5.26. The number of ether oxygens (including phenoxy) is 1. The van der Waals surface area contributed by atoms with Crippen LogP contribution in [0, 0.1) is 6.92 Å². The minimum Gasteiger partial charge on any atom is -0.462 e. The molecule has 2 heterocycles. The maximum Gasteiger partial charge on any atom is 0.349 e. The molecule has 0 fully saturated rings. The quantitative estimate of drug-likeness (QED) is 0.541. The summed E-state index contributed by atoms with van der Waals surface area (Å²) in [5.41, 5.74) is 4.55. The van der Waals surface area contributed by atoms with Gasteiger partial charge in [0.1, 0.15) is 9.77 Å². The van der Waals surface area contributed by atoms with Crippen LogP contribution in [0.15, 0.2) is 58.8 Å². The Labute approximate surface area is 181 Å². The van der Waals surface area contributed by atoms with Crippen molar-refractivity contribution in [2.45, 2.75) is 31.7 Å². The van der Waals surface area contributed by atoms with Crippen LogP contribution in [0.2, 0.25) is 0 Å². The first kappa shape index (κ1) is 20.8. The number of hydrogen-bond donors (Lipinski definition) is 0. The molecule has 0 N–H and O–H groups in total. The minimum absolute atomic E-state index is 0.0502. The summed E-state index contributed by atoms with van der Waals surface area (Å²) in [6, 6.07) is 15.5. The lowest BCUT2D eigenvalue weighted by molar-refractivity contribution is 0.0528. The van der Waals surface area contributed by atoms with Crippen molar-refractivity contribution >= 4 is 27.3 Å². The van der Waals surface area contributed by atoms with E-state index in [2.05, 4.69) is 0 Å². The summed E-state index contributed by atoms with van der Waals surface area (Å²) in [7, 11) is -3.90. The Morgan fingerprint density at radius 3 is 2.50 bits per heavy atom. The van der Waals surface area contributed by atoms with Crippen molar-refractivity contribution in [2.24, 2.45) is 0 Å². The number of hydrogen-bond acceptors (Lipinski definition) is 5. The van der Waals surface area contributed by atoms with Crippen LogP contribution >= 0.6 is 11.3 Å². The Balaban J connectivity index is 1.82. The number of aryl methyl sites for hydroxylation is 1. The van der Waals surface area contributed by atoms with Gasteiger partial charge in [0.25, 0.3) is 0 Å². The Hall–Kier alpha value is -2.48. The number of benzene rings is 2. The Kier molecular flexibility index (Phi) is 5.77. The molecule has 156 valence electrons. The van der Waals surface area contributed by atoms with Gasteiger partial charge in [0.15, 0.2) is 0 Å². The van der Waals surface area contributed by atoms with E-state index in [1.165, 1.54) is 9.87 Å². The molecule has 0 saturated heterocycles. The molecular formula is C23H23NO4S2. The molecule has 3 aromatic rings. The number of fused-ring (bicyclic) bond motifs is 1. The number of sulfonamides is 1. The fourth-order valence-corrected chi connectivity index (χ4v) is 6.74. The fraction of sp³-hybridized carbons (Fsp3) is 0.261. The van der Waals surface area contributed by atoms with E-state index in [1.807, 2.05) is 55.5 Å². The zero-order valence-corrected chi connectivity index (χ0v) is 18.6. The summed E-state index contributed by atoms with van der Waals surface area (Å²) >= 11 is 1.12. The van der Waals surface area contributed by atoms with Gasteiger partial charge < -0.3 is 4.74 Å². The number of esters is 1. The molecule has 0 spiro atoms. The molecule has 0 aliphatic carbocycles. The average Bonchev–Trinajstić information content (AvgIpc) is 3.20. The molecule has 4 rings (SSSR count). The third kappa shape index (κ3) is 3.80. The fourth-order valence-electron chi connectivity index (χ4n) is 3.68. The molecule has 1 aliphatic rings. The number of rotatable bonds is 5. The van der Waals surface area contributed by atoms with E-state index in [0.717, 1.165) is 28.0 Å². The van der Waals surface area contributed by atoms with Crippen LogP contribution in [0.3, 0.4) is 0 Å². The van der Waals surface area contributed by atoms with E-state index in [1.54, 1.807) is 12.3 Å². The van der Waals surface area contributed by atoms with Gasteiger partial charge in [-0.25, -0.2) is 13.2 Å². The second-order valence-corrected chi connectivity index (χ2v) is 10.0. The topological polar surface area (TPSA) is 63.7 Å². The van der Waals surface area contributed by atoms with Crippen molar-refractivity contribution in [3.8, 4) is 11.1 Å². The molecule has 0 radical (unpaired) electrons. The minimum atomic E-state index is -3.90. The van der Waals surface area contributed by atoms with Gasteiger partial charge in [-0.05, 0) is 37.0 Å². The van der Waals surface area contributed by atoms with Gasteiger partial charge in [0.05, 0.1) is 6.61 Å². The number of carbonyl (C=O) groups is 1. The van der Waals surface area contributed by atoms with Gasteiger partial charge in [-0.15, -0.1) is 11.3 Å². The molecule has 0 bridgehead atoms. The van der Waals surface area contributed by atoms with Gasteiger partial charge in [0.2, 0.25) is 10.0 Å². The van der Waals surface area contributed by atoms with Crippen molar-refractivity contribution in [3.63, 3.8) is 0 Å². The summed E-state index contributed by atoms with van der Waals surface area (Å²) in [6.45, 7) is 4.55. The summed E-state index contributed by atoms with van der Waals surface area (Å²) in [4.78, 5) is 12.8. The molecule has 0 saturated carbocycles. The van der Waals surface area contributed by atoms with Gasteiger partial charge >= 0.3 is 5.97 Å². The Morgan fingerprint density at radius 1 is 1.10 bits per heavy atom.